The summed E-state index contributed by atoms with van der Waals surface area (Å²) in [6.45, 7) is 9.51. The van der Waals surface area contributed by atoms with Gasteiger partial charge in [-0.3, -0.25) is 0 Å². The number of terminal acetylenes is 1. The smallest absolute Gasteiger partial charge is 0.407 e. The third-order valence-corrected chi connectivity index (χ3v) is 4.11. The summed E-state index contributed by atoms with van der Waals surface area (Å²) >= 11 is 0. The van der Waals surface area contributed by atoms with E-state index in [1.807, 2.05) is 34.6 Å². The van der Waals surface area contributed by atoms with Gasteiger partial charge in [0.1, 0.15) is 5.60 Å². The minimum Gasteiger partial charge on any atom is -0.465 e. The number of ether oxygens (including phenoxy) is 2. The molecule has 1 fully saturated rings. The second-order valence-corrected chi connectivity index (χ2v) is 7.39. The van der Waals surface area contributed by atoms with Crippen LogP contribution in [0, 0.1) is 12.3 Å². The van der Waals surface area contributed by atoms with Crippen LogP contribution in [-0.4, -0.2) is 36.9 Å². The van der Waals surface area contributed by atoms with Crippen molar-refractivity contribution in [3.05, 3.63) is 29.3 Å². The molecule has 0 aromatic heterocycles. The first-order chi connectivity index (χ1) is 13.2. The Balaban J connectivity index is 0.00000190. The highest BCUT2D eigenvalue weighted by Crippen LogP contribution is 2.26. The van der Waals surface area contributed by atoms with Gasteiger partial charge in [-0.1, -0.05) is 19.8 Å². The number of hydrogen-bond acceptors (Lipinski definition) is 5. The van der Waals surface area contributed by atoms with Crippen LogP contribution in [0.4, 0.5) is 10.5 Å². The lowest BCUT2D eigenvalue weighted by Gasteiger charge is -2.22. The molecule has 1 aromatic rings. The first kappa shape index (κ1) is 23.4. The number of nitrogens with one attached hydrogen (secondary N) is 2. The van der Waals surface area contributed by atoms with Gasteiger partial charge in [0, 0.05) is 17.6 Å². The number of amides is 1. The predicted molar refractivity (Wildman–Crippen MR) is 111 cm³/mol. The molecule has 1 aliphatic carbocycles. The molecule has 28 heavy (non-hydrogen) atoms. The maximum Gasteiger partial charge on any atom is 0.407 e. The number of hydrogen-bond donors (Lipinski definition) is 2. The molecule has 1 amide bonds. The molecule has 0 radical (unpaired) electrons. The Morgan fingerprint density at radius 2 is 1.82 bits per heavy atom. The van der Waals surface area contributed by atoms with E-state index in [4.69, 9.17) is 15.9 Å². The van der Waals surface area contributed by atoms with E-state index in [1.165, 1.54) is 7.11 Å². The van der Waals surface area contributed by atoms with Crippen LogP contribution in [0.3, 0.4) is 0 Å². The molecule has 6 nitrogen and oxygen atoms in total. The first-order valence-electron chi connectivity index (χ1n) is 9.67. The number of benzene rings is 1. The fourth-order valence-corrected chi connectivity index (χ4v) is 2.97. The molecule has 0 bridgehead atoms. The third kappa shape index (κ3) is 7.15. The van der Waals surface area contributed by atoms with Gasteiger partial charge in [0.05, 0.1) is 18.4 Å². The molecule has 1 saturated carbocycles. The molecule has 154 valence electrons. The van der Waals surface area contributed by atoms with Crippen molar-refractivity contribution in [2.45, 2.75) is 71.6 Å². The van der Waals surface area contributed by atoms with Gasteiger partial charge in [0.25, 0.3) is 0 Å². The van der Waals surface area contributed by atoms with Crippen LogP contribution in [0.25, 0.3) is 0 Å². The lowest BCUT2D eigenvalue weighted by Crippen LogP contribution is -2.38. The summed E-state index contributed by atoms with van der Waals surface area (Å²) in [5.74, 6) is 2.18. The number of carbonyl (C=O) groups is 2. The van der Waals surface area contributed by atoms with Crippen LogP contribution in [0.5, 0.6) is 0 Å². The molecule has 6 heteroatoms. The van der Waals surface area contributed by atoms with Gasteiger partial charge in [-0.15, -0.1) is 6.42 Å². The Bertz CT molecular complexity index is 716. The van der Waals surface area contributed by atoms with E-state index >= 15 is 0 Å². The minimum atomic E-state index is -0.510. The standard InChI is InChI=1S/C20H26N2O4.C2H6/c1-6-13-11-14(18(23)25-5)7-10-17(13)21-15-8-9-16(12-15)22-19(24)26-20(2,3)4;1-2/h1,7,10-11,15-16,21H,8-9,12H2,2-5H3,(H,22,24);1-2H3/t15?,16-;/m1./s1. The van der Waals surface area contributed by atoms with E-state index in [-0.39, 0.29) is 12.1 Å². The Kier molecular flexibility index (Phi) is 8.84. The van der Waals surface area contributed by atoms with Crippen LogP contribution >= 0.6 is 0 Å². The zero-order valence-corrected chi connectivity index (χ0v) is 17.7. The second-order valence-electron chi connectivity index (χ2n) is 7.39. The van der Waals surface area contributed by atoms with Gasteiger partial charge < -0.3 is 20.1 Å². The van der Waals surface area contributed by atoms with Gasteiger partial charge in [-0.2, -0.15) is 0 Å². The van der Waals surface area contributed by atoms with Crippen molar-refractivity contribution < 1.29 is 19.1 Å². The summed E-state index contributed by atoms with van der Waals surface area (Å²) < 4.78 is 10.0. The molecule has 2 rings (SSSR count). The van der Waals surface area contributed by atoms with E-state index in [0.29, 0.717) is 11.1 Å². The van der Waals surface area contributed by atoms with Crippen molar-refractivity contribution in [3.8, 4) is 12.3 Å². The van der Waals surface area contributed by atoms with Crippen molar-refractivity contribution in [2.75, 3.05) is 12.4 Å². The van der Waals surface area contributed by atoms with E-state index < -0.39 is 17.7 Å². The lowest BCUT2D eigenvalue weighted by atomic mass is 10.1. The molecule has 2 atom stereocenters. The van der Waals surface area contributed by atoms with Gasteiger partial charge in [0.2, 0.25) is 0 Å². The van der Waals surface area contributed by atoms with Crippen molar-refractivity contribution >= 4 is 17.7 Å². The van der Waals surface area contributed by atoms with Crippen molar-refractivity contribution in [1.82, 2.24) is 5.32 Å². The number of anilines is 1. The van der Waals surface area contributed by atoms with Crippen molar-refractivity contribution in [2.24, 2.45) is 0 Å². The minimum absolute atomic E-state index is 0.0611. The summed E-state index contributed by atoms with van der Waals surface area (Å²) in [6.07, 6.45) is 7.73. The molecule has 0 saturated heterocycles. The Morgan fingerprint density at radius 1 is 1.18 bits per heavy atom. The molecule has 1 aliphatic rings. The third-order valence-electron chi connectivity index (χ3n) is 4.11. The maximum absolute atomic E-state index is 11.9. The zero-order chi connectivity index (χ0) is 21.3. The summed E-state index contributed by atoms with van der Waals surface area (Å²) in [4.78, 5) is 23.5. The number of esters is 1. The maximum atomic E-state index is 11.9. The van der Waals surface area contributed by atoms with E-state index in [9.17, 15) is 9.59 Å². The van der Waals surface area contributed by atoms with Gasteiger partial charge in [0.15, 0.2) is 0 Å². The van der Waals surface area contributed by atoms with Crippen LogP contribution < -0.4 is 10.6 Å². The average Bonchev–Trinajstić information content (AvgIpc) is 3.08. The fourth-order valence-electron chi connectivity index (χ4n) is 2.97. The van der Waals surface area contributed by atoms with Gasteiger partial charge in [-0.05, 0) is 58.2 Å². The number of carbonyl (C=O) groups excluding carboxylic acids is 2. The SMILES string of the molecule is C#Cc1cc(C(=O)OC)ccc1NC1CC[C@@H](NC(=O)OC(C)(C)C)C1.CC. The van der Waals surface area contributed by atoms with Gasteiger partial charge in [-0.25, -0.2) is 9.59 Å². The highest BCUT2D eigenvalue weighted by atomic mass is 16.6. The average molecular weight is 389 g/mol. The Morgan fingerprint density at radius 3 is 2.39 bits per heavy atom. The molecule has 1 unspecified atom stereocenters. The Hall–Kier alpha value is -2.68. The van der Waals surface area contributed by atoms with E-state index in [2.05, 4.69) is 16.6 Å². The van der Waals surface area contributed by atoms with Crippen LogP contribution in [0.1, 0.15) is 69.8 Å². The Labute approximate surface area is 168 Å². The highest BCUT2D eigenvalue weighted by Gasteiger charge is 2.28. The summed E-state index contributed by atoms with van der Waals surface area (Å²) in [5, 5.41) is 6.32. The van der Waals surface area contributed by atoms with E-state index in [0.717, 1.165) is 24.9 Å². The quantitative estimate of drug-likeness (QED) is 0.593. The summed E-state index contributed by atoms with van der Waals surface area (Å²) in [6, 6.07) is 5.35. The molecule has 0 heterocycles. The zero-order valence-electron chi connectivity index (χ0n) is 17.7. The molecule has 1 aromatic carbocycles. The van der Waals surface area contributed by atoms with Crippen LogP contribution in [0.15, 0.2) is 18.2 Å². The normalized spacial score (nSPS) is 18.2. The lowest BCUT2D eigenvalue weighted by molar-refractivity contribution is 0.0504. The van der Waals surface area contributed by atoms with Crippen LogP contribution in [0.2, 0.25) is 0 Å². The van der Waals surface area contributed by atoms with Crippen LogP contribution in [-0.2, 0) is 9.47 Å². The fraction of sp³-hybridized carbons (Fsp3) is 0.545. The molecular weight excluding hydrogens is 356 g/mol. The topological polar surface area (TPSA) is 76.7 Å². The second kappa shape index (κ2) is 10.6. The first-order valence-corrected chi connectivity index (χ1v) is 9.67. The molecule has 0 spiro atoms. The van der Waals surface area contributed by atoms with Crippen molar-refractivity contribution in [3.63, 3.8) is 0 Å². The molecular formula is C22H32N2O4. The molecule has 0 aliphatic heterocycles. The van der Waals surface area contributed by atoms with Gasteiger partial charge >= 0.3 is 12.1 Å². The van der Waals surface area contributed by atoms with Crippen molar-refractivity contribution in [1.29, 1.82) is 0 Å². The predicted octanol–water partition coefficient (Wildman–Crippen LogP) is 4.34. The van der Waals surface area contributed by atoms with E-state index in [1.54, 1.807) is 18.2 Å². The number of methoxy groups -OCH3 is 1. The highest BCUT2D eigenvalue weighted by molar-refractivity contribution is 5.90. The number of alkyl carbamates (subject to hydrolysis) is 1. The summed E-state index contributed by atoms with van der Waals surface area (Å²) in [7, 11) is 1.33. The summed E-state index contributed by atoms with van der Waals surface area (Å²) in [5.41, 5.74) is 1.31. The number of rotatable bonds is 4. The monoisotopic (exact) mass is 388 g/mol. The molecule has 2 N–H and O–H groups in total. The largest absolute Gasteiger partial charge is 0.465 e.